The van der Waals surface area contributed by atoms with E-state index in [0.29, 0.717) is 0 Å². The highest BCUT2D eigenvalue weighted by Gasteiger charge is 2.09. The molecule has 1 N–H and O–H groups in total. The number of ketones is 1. The highest BCUT2D eigenvalue weighted by atomic mass is 19.1. The number of hydrogen-bond donors (Lipinski definition) is 1. The predicted octanol–water partition coefficient (Wildman–Crippen LogP) is 3.91. The number of aromatic amines is 1. The lowest BCUT2D eigenvalue weighted by molar-refractivity contribution is -0.117. The van der Waals surface area contributed by atoms with Gasteiger partial charge < -0.3 is 4.98 Å². The number of hydrogen-bond acceptors (Lipinski definition) is 2. The van der Waals surface area contributed by atoms with E-state index in [0.717, 1.165) is 32.9 Å². The second-order valence-electron chi connectivity index (χ2n) is 5.69. The van der Waals surface area contributed by atoms with Gasteiger partial charge in [-0.05, 0) is 42.8 Å². The molecule has 0 atom stereocenters. The minimum Gasteiger partial charge on any atom is -0.360 e. The van der Waals surface area contributed by atoms with E-state index in [-0.39, 0.29) is 18.1 Å². The topological polar surface area (TPSA) is 50.7 Å². The van der Waals surface area contributed by atoms with Crippen molar-refractivity contribution < 1.29 is 9.18 Å². The Bertz CT molecular complexity index is 1040. The van der Waals surface area contributed by atoms with Crippen LogP contribution in [0.4, 0.5) is 4.39 Å². The van der Waals surface area contributed by atoms with E-state index in [1.54, 1.807) is 17.7 Å². The molecule has 4 nitrogen and oxygen atoms in total. The van der Waals surface area contributed by atoms with Crippen LogP contribution in [0.15, 0.2) is 48.8 Å². The first-order valence-corrected chi connectivity index (χ1v) is 7.34. The number of carbonyl (C=O) groups excluding carboxylic acids is 1. The van der Waals surface area contributed by atoms with Crippen molar-refractivity contribution in [3.05, 3.63) is 54.6 Å². The molecule has 4 aromatic rings. The normalized spacial score (nSPS) is 11.4. The highest BCUT2D eigenvalue weighted by Crippen LogP contribution is 2.30. The van der Waals surface area contributed by atoms with Crippen molar-refractivity contribution in [2.24, 2.45) is 0 Å². The van der Waals surface area contributed by atoms with E-state index < -0.39 is 0 Å². The van der Waals surface area contributed by atoms with E-state index in [9.17, 15) is 9.18 Å². The molecule has 0 radical (unpaired) electrons. The van der Waals surface area contributed by atoms with Crippen LogP contribution in [0.1, 0.15) is 6.92 Å². The maximum Gasteiger partial charge on any atom is 0.151 e. The Balaban J connectivity index is 1.82. The summed E-state index contributed by atoms with van der Waals surface area (Å²) in [6, 6.07) is 10.7. The summed E-state index contributed by atoms with van der Waals surface area (Å²) in [5.41, 5.74) is 3.66. The Morgan fingerprint density at radius 3 is 2.96 bits per heavy atom. The molecule has 0 bridgehead atoms. The number of fused-ring (bicyclic) bond motifs is 2. The van der Waals surface area contributed by atoms with Gasteiger partial charge in [-0.3, -0.25) is 9.48 Å². The summed E-state index contributed by atoms with van der Waals surface area (Å²) in [4.78, 5) is 14.3. The minimum atomic E-state index is -0.258. The number of aromatic nitrogens is 3. The third-order valence-electron chi connectivity index (χ3n) is 3.89. The van der Waals surface area contributed by atoms with Gasteiger partial charge in [0.1, 0.15) is 5.82 Å². The largest absolute Gasteiger partial charge is 0.360 e. The summed E-state index contributed by atoms with van der Waals surface area (Å²) < 4.78 is 15.0. The van der Waals surface area contributed by atoms with Crippen LogP contribution in [0.25, 0.3) is 32.9 Å². The molecule has 2 aromatic heterocycles. The maximum atomic E-state index is 13.3. The second kappa shape index (κ2) is 5.05. The van der Waals surface area contributed by atoms with Crippen molar-refractivity contribution in [3.8, 4) is 11.1 Å². The molecule has 5 heteroatoms. The number of H-pyrrole nitrogens is 1. The zero-order valence-electron chi connectivity index (χ0n) is 12.5. The summed E-state index contributed by atoms with van der Waals surface area (Å²) in [5, 5.41) is 6.33. The number of rotatable bonds is 3. The summed E-state index contributed by atoms with van der Waals surface area (Å²) in [6.07, 6.45) is 3.75. The van der Waals surface area contributed by atoms with Crippen LogP contribution < -0.4 is 0 Å². The lowest BCUT2D eigenvalue weighted by Gasteiger charge is -2.00. The van der Waals surface area contributed by atoms with E-state index in [1.165, 1.54) is 12.1 Å². The quantitative estimate of drug-likeness (QED) is 0.624. The summed E-state index contributed by atoms with van der Waals surface area (Å²) in [7, 11) is 0. The smallest absolute Gasteiger partial charge is 0.151 e. The van der Waals surface area contributed by atoms with Gasteiger partial charge in [0.05, 0.1) is 12.1 Å². The molecule has 0 saturated carbocycles. The second-order valence-corrected chi connectivity index (χ2v) is 5.69. The summed E-state index contributed by atoms with van der Waals surface area (Å²) >= 11 is 0. The number of nitrogens with zero attached hydrogens (tertiary/aromatic N) is 2. The summed E-state index contributed by atoms with van der Waals surface area (Å²) in [5.74, 6) is -0.191. The maximum absolute atomic E-state index is 13.3. The van der Waals surface area contributed by atoms with Gasteiger partial charge in [-0.2, -0.15) is 5.10 Å². The van der Waals surface area contributed by atoms with Gasteiger partial charge in [-0.25, -0.2) is 4.39 Å². The zero-order valence-corrected chi connectivity index (χ0v) is 12.5. The number of carbonyl (C=O) groups is 1. The average Bonchev–Trinajstić information content (AvgIpc) is 3.08. The molecule has 114 valence electrons. The van der Waals surface area contributed by atoms with Gasteiger partial charge in [0.15, 0.2) is 5.78 Å². The van der Waals surface area contributed by atoms with Crippen LogP contribution in [0, 0.1) is 5.82 Å². The number of Topliss-reactive ketones (excluding diaryl/α,β-unsaturated/α-hetero) is 1. The van der Waals surface area contributed by atoms with Crippen LogP contribution in [0.2, 0.25) is 0 Å². The third kappa shape index (κ3) is 2.40. The Morgan fingerprint density at radius 2 is 2.13 bits per heavy atom. The van der Waals surface area contributed by atoms with Crippen molar-refractivity contribution in [1.29, 1.82) is 0 Å². The van der Waals surface area contributed by atoms with Crippen LogP contribution in [-0.4, -0.2) is 20.5 Å². The number of nitrogens with one attached hydrogen (secondary N) is 1. The molecular weight excluding hydrogens is 293 g/mol. The monoisotopic (exact) mass is 307 g/mol. The Morgan fingerprint density at radius 1 is 1.26 bits per heavy atom. The first-order valence-electron chi connectivity index (χ1n) is 7.34. The van der Waals surface area contributed by atoms with Crippen molar-refractivity contribution >= 4 is 27.6 Å². The van der Waals surface area contributed by atoms with Gasteiger partial charge in [0.25, 0.3) is 0 Å². The highest BCUT2D eigenvalue weighted by molar-refractivity contribution is 5.97. The average molecular weight is 307 g/mol. The number of halogens is 1. The number of benzene rings is 2. The van der Waals surface area contributed by atoms with Gasteiger partial charge >= 0.3 is 0 Å². The molecule has 23 heavy (non-hydrogen) atoms. The SMILES string of the molecule is CC(=O)Cn1cc2cc(-c3c[nH]c4cc(F)ccc34)ccc2n1. The Labute approximate surface area is 131 Å². The lowest BCUT2D eigenvalue weighted by Crippen LogP contribution is -2.05. The fraction of sp³-hybridized carbons (Fsp3) is 0.111. The Hall–Kier alpha value is -2.95. The molecule has 4 rings (SSSR count). The molecule has 0 fully saturated rings. The van der Waals surface area contributed by atoms with Crippen LogP contribution in [0.5, 0.6) is 0 Å². The van der Waals surface area contributed by atoms with Crippen LogP contribution in [-0.2, 0) is 11.3 Å². The fourth-order valence-corrected chi connectivity index (χ4v) is 2.89. The fourth-order valence-electron chi connectivity index (χ4n) is 2.89. The summed E-state index contributed by atoms with van der Waals surface area (Å²) in [6.45, 7) is 1.82. The zero-order chi connectivity index (χ0) is 16.0. The van der Waals surface area contributed by atoms with E-state index >= 15 is 0 Å². The first-order chi connectivity index (χ1) is 11.1. The molecule has 0 aliphatic rings. The molecule has 0 saturated heterocycles. The van der Waals surface area contributed by atoms with Crippen molar-refractivity contribution in [1.82, 2.24) is 14.8 Å². The molecule has 0 amide bonds. The van der Waals surface area contributed by atoms with Crippen molar-refractivity contribution in [2.75, 3.05) is 0 Å². The standard InChI is InChI=1S/C18H14FN3O/c1-11(23)9-22-10-13-6-12(2-5-17(13)21-22)16-8-20-18-7-14(19)3-4-15(16)18/h2-8,10,20H,9H2,1H3. The predicted molar refractivity (Wildman–Crippen MR) is 87.7 cm³/mol. The van der Waals surface area contributed by atoms with E-state index in [2.05, 4.69) is 10.1 Å². The van der Waals surface area contributed by atoms with Crippen molar-refractivity contribution in [3.63, 3.8) is 0 Å². The van der Waals surface area contributed by atoms with Gasteiger partial charge in [-0.15, -0.1) is 0 Å². The third-order valence-corrected chi connectivity index (χ3v) is 3.89. The molecule has 0 aliphatic heterocycles. The Kier molecular flexibility index (Phi) is 3.01. The molecule has 2 aromatic carbocycles. The van der Waals surface area contributed by atoms with E-state index in [1.807, 2.05) is 30.6 Å². The first kappa shape index (κ1) is 13.7. The molecule has 0 unspecified atom stereocenters. The molecule has 0 spiro atoms. The van der Waals surface area contributed by atoms with Crippen LogP contribution >= 0.6 is 0 Å². The lowest BCUT2D eigenvalue weighted by atomic mass is 10.0. The van der Waals surface area contributed by atoms with Crippen molar-refractivity contribution in [2.45, 2.75) is 13.5 Å². The van der Waals surface area contributed by atoms with E-state index in [4.69, 9.17) is 0 Å². The van der Waals surface area contributed by atoms with Gasteiger partial charge in [0.2, 0.25) is 0 Å². The molecule has 0 aliphatic carbocycles. The minimum absolute atomic E-state index is 0.0664. The molecule has 2 heterocycles. The van der Waals surface area contributed by atoms with Gasteiger partial charge in [-0.1, -0.05) is 6.07 Å². The molecular formula is C18H14FN3O. The van der Waals surface area contributed by atoms with Crippen LogP contribution in [0.3, 0.4) is 0 Å². The van der Waals surface area contributed by atoms with Gasteiger partial charge in [0, 0.05) is 34.2 Å².